The zero-order valence-corrected chi connectivity index (χ0v) is 13.9. The Morgan fingerprint density at radius 1 is 1.18 bits per heavy atom. The van der Waals surface area contributed by atoms with Crippen LogP contribution in [0.3, 0.4) is 0 Å². The third-order valence-corrected chi connectivity index (χ3v) is 7.90. The van der Waals surface area contributed by atoms with E-state index < -0.39 is 0 Å². The molecule has 4 rings (SSSR count). The van der Waals surface area contributed by atoms with E-state index in [2.05, 4.69) is 13.8 Å². The molecule has 0 bridgehead atoms. The Hall–Kier alpha value is -0.920. The minimum atomic E-state index is -0.297. The topological polar surface area (TPSA) is 34.1 Å². The summed E-state index contributed by atoms with van der Waals surface area (Å²) in [7, 11) is 0. The van der Waals surface area contributed by atoms with Crippen molar-refractivity contribution in [2.45, 2.75) is 65.2 Å². The number of aldehydes is 1. The Labute approximate surface area is 133 Å². The summed E-state index contributed by atoms with van der Waals surface area (Å²) >= 11 is 0. The molecule has 3 saturated carbocycles. The summed E-state index contributed by atoms with van der Waals surface area (Å²) in [4.78, 5) is 24.1. The van der Waals surface area contributed by atoms with E-state index in [1.165, 1.54) is 44.0 Å². The molecule has 0 radical (unpaired) electrons. The normalized spacial score (nSPS) is 50.6. The smallest absolute Gasteiger partial charge is 0.155 e. The van der Waals surface area contributed by atoms with Crippen LogP contribution in [0.4, 0.5) is 0 Å². The quantitative estimate of drug-likeness (QED) is 0.675. The maximum atomic E-state index is 12.2. The molecule has 4 aliphatic rings. The van der Waals surface area contributed by atoms with Gasteiger partial charge in [0, 0.05) is 6.42 Å². The standard InChI is InChI=1S/C20H28O2/c1-13-10-14-11-15(22)5-9-20(14,12-21)17-6-8-19(2)7-3-4-16(19)18(13)17/h11-13,16-18H,3-10H2,1-2H3/t13?,16-,17+,18-,19-,20+/m0/s1. The van der Waals surface area contributed by atoms with Crippen molar-refractivity contribution in [2.24, 2.45) is 34.5 Å². The number of allylic oxidation sites excluding steroid dienone is 1. The fraction of sp³-hybridized carbons (Fsp3) is 0.800. The minimum Gasteiger partial charge on any atom is -0.302 e. The molecule has 0 N–H and O–H groups in total. The molecule has 1 unspecified atom stereocenters. The van der Waals surface area contributed by atoms with Gasteiger partial charge in [0.1, 0.15) is 6.29 Å². The number of carbonyl (C=O) groups excluding carboxylic acids is 2. The van der Waals surface area contributed by atoms with Gasteiger partial charge in [-0.05, 0) is 73.7 Å². The van der Waals surface area contributed by atoms with E-state index in [1.54, 1.807) is 0 Å². The fourth-order valence-electron chi connectivity index (χ4n) is 6.85. The molecule has 22 heavy (non-hydrogen) atoms. The highest BCUT2D eigenvalue weighted by Gasteiger charge is 2.59. The first kappa shape index (κ1) is 14.7. The number of rotatable bonds is 1. The van der Waals surface area contributed by atoms with Crippen molar-refractivity contribution in [1.82, 2.24) is 0 Å². The lowest BCUT2D eigenvalue weighted by molar-refractivity contribution is -0.130. The molecular weight excluding hydrogens is 272 g/mol. The number of hydrogen-bond acceptors (Lipinski definition) is 2. The molecule has 0 aromatic carbocycles. The van der Waals surface area contributed by atoms with Crippen molar-refractivity contribution < 1.29 is 9.59 Å². The fourth-order valence-corrected chi connectivity index (χ4v) is 6.85. The van der Waals surface area contributed by atoms with Crippen molar-refractivity contribution >= 4 is 12.1 Å². The first-order chi connectivity index (χ1) is 10.5. The van der Waals surface area contributed by atoms with Gasteiger partial charge in [0.25, 0.3) is 0 Å². The van der Waals surface area contributed by atoms with Crippen LogP contribution in [-0.4, -0.2) is 12.1 Å². The highest BCUT2D eigenvalue weighted by atomic mass is 16.1. The van der Waals surface area contributed by atoms with Gasteiger partial charge in [0.15, 0.2) is 5.78 Å². The van der Waals surface area contributed by atoms with E-state index in [0.29, 0.717) is 29.6 Å². The molecule has 120 valence electrons. The van der Waals surface area contributed by atoms with E-state index >= 15 is 0 Å². The van der Waals surface area contributed by atoms with Crippen LogP contribution in [0.25, 0.3) is 0 Å². The highest BCUT2D eigenvalue weighted by Crippen LogP contribution is 2.66. The third-order valence-electron chi connectivity index (χ3n) is 7.90. The summed E-state index contributed by atoms with van der Waals surface area (Å²) in [6.45, 7) is 4.87. The number of ketones is 1. The molecule has 0 heterocycles. The third kappa shape index (κ3) is 1.79. The highest BCUT2D eigenvalue weighted by molar-refractivity contribution is 5.93. The Balaban J connectivity index is 1.78. The first-order valence-corrected chi connectivity index (χ1v) is 9.20. The van der Waals surface area contributed by atoms with Gasteiger partial charge in [-0.25, -0.2) is 0 Å². The van der Waals surface area contributed by atoms with Crippen LogP contribution < -0.4 is 0 Å². The van der Waals surface area contributed by atoms with Gasteiger partial charge in [-0.15, -0.1) is 0 Å². The molecule has 3 fully saturated rings. The molecule has 0 amide bonds. The van der Waals surface area contributed by atoms with E-state index in [9.17, 15) is 9.59 Å². The zero-order valence-electron chi connectivity index (χ0n) is 13.9. The van der Waals surface area contributed by atoms with Gasteiger partial charge in [-0.3, -0.25) is 4.79 Å². The van der Waals surface area contributed by atoms with Crippen molar-refractivity contribution in [3.63, 3.8) is 0 Å². The van der Waals surface area contributed by atoms with Crippen LogP contribution >= 0.6 is 0 Å². The molecule has 0 aromatic rings. The van der Waals surface area contributed by atoms with Crippen molar-refractivity contribution in [3.05, 3.63) is 11.6 Å². The summed E-state index contributed by atoms with van der Waals surface area (Å²) in [5, 5.41) is 0. The molecule has 0 saturated heterocycles. The van der Waals surface area contributed by atoms with Crippen molar-refractivity contribution in [3.8, 4) is 0 Å². The largest absolute Gasteiger partial charge is 0.302 e. The Morgan fingerprint density at radius 3 is 2.77 bits per heavy atom. The second-order valence-corrected chi connectivity index (χ2v) is 8.85. The van der Waals surface area contributed by atoms with E-state index in [1.807, 2.05) is 6.08 Å². The lowest BCUT2D eigenvalue weighted by Crippen LogP contribution is -2.53. The van der Waals surface area contributed by atoms with Gasteiger partial charge in [-0.1, -0.05) is 25.8 Å². The molecule has 0 aromatic heterocycles. The average molecular weight is 300 g/mol. The maximum absolute atomic E-state index is 12.2. The van der Waals surface area contributed by atoms with Crippen molar-refractivity contribution in [2.75, 3.05) is 0 Å². The summed E-state index contributed by atoms with van der Waals surface area (Å²) in [6.07, 6.45) is 12.0. The summed E-state index contributed by atoms with van der Waals surface area (Å²) < 4.78 is 0. The zero-order chi connectivity index (χ0) is 15.5. The van der Waals surface area contributed by atoms with E-state index in [-0.39, 0.29) is 11.2 Å². The van der Waals surface area contributed by atoms with Gasteiger partial charge in [0.2, 0.25) is 0 Å². The molecule has 6 atom stereocenters. The summed E-state index contributed by atoms with van der Waals surface area (Å²) in [5.74, 6) is 2.84. The minimum absolute atomic E-state index is 0.236. The Bertz CT molecular complexity index is 548. The van der Waals surface area contributed by atoms with Gasteiger partial charge in [-0.2, -0.15) is 0 Å². The predicted octanol–water partition coefficient (Wildman–Crippen LogP) is 4.33. The SMILES string of the molecule is CC1CC2=CC(=O)CC[C@]2(C=O)[C@@H]2CC[C@]3(C)CCC[C@H]3[C@H]12. The van der Waals surface area contributed by atoms with Crippen LogP contribution in [0, 0.1) is 34.5 Å². The van der Waals surface area contributed by atoms with Crippen LogP contribution in [0.2, 0.25) is 0 Å². The first-order valence-electron chi connectivity index (χ1n) is 9.20. The van der Waals surface area contributed by atoms with E-state index in [0.717, 1.165) is 18.8 Å². The van der Waals surface area contributed by atoms with Crippen LogP contribution in [0.15, 0.2) is 11.6 Å². The predicted molar refractivity (Wildman–Crippen MR) is 86.3 cm³/mol. The number of fused-ring (bicyclic) bond motifs is 5. The van der Waals surface area contributed by atoms with Crippen LogP contribution in [-0.2, 0) is 9.59 Å². The monoisotopic (exact) mass is 300 g/mol. The molecular formula is C20H28O2. The number of carbonyl (C=O) groups is 2. The van der Waals surface area contributed by atoms with E-state index in [4.69, 9.17) is 0 Å². The lowest BCUT2D eigenvalue weighted by Gasteiger charge is -2.58. The van der Waals surface area contributed by atoms with Gasteiger partial charge in [0.05, 0.1) is 5.41 Å². The van der Waals surface area contributed by atoms with Gasteiger partial charge < -0.3 is 4.79 Å². The summed E-state index contributed by atoms with van der Waals surface area (Å²) in [6, 6.07) is 0. The molecule has 2 heteroatoms. The lowest BCUT2D eigenvalue weighted by atomic mass is 9.45. The average Bonchev–Trinajstić information content (AvgIpc) is 2.88. The second kappa shape index (κ2) is 4.79. The van der Waals surface area contributed by atoms with Crippen molar-refractivity contribution in [1.29, 1.82) is 0 Å². The second-order valence-electron chi connectivity index (χ2n) is 8.85. The number of hydrogen-bond donors (Lipinski definition) is 0. The Morgan fingerprint density at radius 2 is 2.00 bits per heavy atom. The molecule has 0 aliphatic heterocycles. The summed E-state index contributed by atoms with van der Waals surface area (Å²) in [5.41, 5.74) is 1.40. The van der Waals surface area contributed by atoms with Crippen LogP contribution in [0.1, 0.15) is 65.2 Å². The molecule has 2 nitrogen and oxygen atoms in total. The van der Waals surface area contributed by atoms with Crippen LogP contribution in [0.5, 0.6) is 0 Å². The maximum Gasteiger partial charge on any atom is 0.155 e. The Kier molecular flexibility index (Phi) is 3.19. The molecule has 0 spiro atoms. The van der Waals surface area contributed by atoms with Gasteiger partial charge >= 0.3 is 0 Å². The molecule has 4 aliphatic carbocycles.